The fourth-order valence-electron chi connectivity index (χ4n) is 5.70. The number of allylic oxidation sites excluding steroid dienone is 3. The van der Waals surface area contributed by atoms with Crippen LogP contribution in [0.15, 0.2) is 93.9 Å². The number of amides is 2. The number of halogens is 2. The smallest absolute Gasteiger partial charge is 0.260 e. The highest BCUT2D eigenvalue weighted by Crippen LogP contribution is 2.60. The predicted molar refractivity (Wildman–Crippen MR) is 154 cm³/mol. The minimum atomic E-state index is -1.28. The highest BCUT2D eigenvalue weighted by molar-refractivity contribution is 9.13. The molecule has 5 rings (SSSR count). The number of methoxy groups -OCH3 is 1. The van der Waals surface area contributed by atoms with Crippen molar-refractivity contribution in [3.05, 3.63) is 111 Å². The summed E-state index contributed by atoms with van der Waals surface area (Å²) in [6, 6.07) is 18.7. The SMILES string of the molecule is C=CC1=CC[C@H]2C(=O)N(Nc3ccc(C)cc3)C(=O)[C@@]2(c2ccccc2)[C@H]1c1cc(OC)c(O)c(Br)c1Br. The van der Waals surface area contributed by atoms with Gasteiger partial charge in [0.05, 0.1) is 28.6 Å². The Morgan fingerprint density at radius 2 is 1.79 bits per heavy atom. The summed E-state index contributed by atoms with van der Waals surface area (Å²) in [5.41, 5.74) is 5.73. The molecule has 1 fully saturated rings. The zero-order valence-electron chi connectivity index (χ0n) is 20.9. The number of hydrazine groups is 1. The number of hydrogen-bond donors (Lipinski definition) is 2. The first-order valence-corrected chi connectivity index (χ1v) is 13.7. The highest BCUT2D eigenvalue weighted by Gasteiger charge is 2.66. The molecule has 3 aromatic carbocycles. The number of imide groups is 1. The molecule has 2 N–H and O–H groups in total. The normalized spacial score (nSPS) is 22.6. The van der Waals surface area contributed by atoms with Crippen molar-refractivity contribution in [1.82, 2.24) is 5.01 Å². The molecule has 2 aliphatic rings. The first kappa shape index (κ1) is 26.3. The minimum Gasteiger partial charge on any atom is -0.503 e. The van der Waals surface area contributed by atoms with E-state index in [9.17, 15) is 14.7 Å². The number of fused-ring (bicyclic) bond motifs is 1. The average Bonchev–Trinajstić information content (AvgIpc) is 3.15. The molecule has 194 valence electrons. The summed E-state index contributed by atoms with van der Waals surface area (Å²) in [4.78, 5) is 28.7. The van der Waals surface area contributed by atoms with Crippen LogP contribution >= 0.6 is 31.9 Å². The van der Waals surface area contributed by atoms with Crippen LogP contribution in [0.2, 0.25) is 0 Å². The monoisotopic (exact) mass is 636 g/mol. The number of carbonyl (C=O) groups is 2. The van der Waals surface area contributed by atoms with E-state index in [2.05, 4.69) is 43.9 Å². The number of ether oxygens (including phenoxy) is 1. The maximum Gasteiger partial charge on any atom is 0.260 e. The summed E-state index contributed by atoms with van der Waals surface area (Å²) in [6.07, 6.45) is 4.08. The number of rotatable bonds is 6. The molecular weight excluding hydrogens is 612 g/mol. The molecule has 6 nitrogen and oxygen atoms in total. The van der Waals surface area contributed by atoms with Gasteiger partial charge < -0.3 is 9.84 Å². The fraction of sp³-hybridized carbons (Fsp3) is 0.200. The van der Waals surface area contributed by atoms with Gasteiger partial charge in [0.1, 0.15) is 0 Å². The summed E-state index contributed by atoms with van der Waals surface area (Å²) in [7, 11) is 1.47. The Hall–Kier alpha value is -3.36. The predicted octanol–water partition coefficient (Wildman–Crippen LogP) is 6.78. The Morgan fingerprint density at radius 1 is 1.11 bits per heavy atom. The molecule has 1 heterocycles. The molecule has 3 atom stereocenters. The van der Waals surface area contributed by atoms with E-state index in [1.54, 1.807) is 12.1 Å². The van der Waals surface area contributed by atoms with Crippen LogP contribution in [0.5, 0.6) is 11.5 Å². The largest absolute Gasteiger partial charge is 0.503 e. The molecule has 3 aromatic rings. The number of nitrogens with one attached hydrogen (secondary N) is 1. The standard InChI is InChI=1S/C30H26Br2N2O4/c1-4-18-12-15-22-28(36)34(33-20-13-10-17(2)11-14-20)29(37)30(22,19-8-6-5-7-9-19)24(18)21-16-23(38-3)27(35)26(32)25(21)31/h4-14,16,22,24,33,35H,1,15H2,2-3H3/t22-,24+,30+/m0/s1. The van der Waals surface area contributed by atoms with Gasteiger partial charge in [-0.05, 0) is 80.1 Å². The van der Waals surface area contributed by atoms with Gasteiger partial charge in [-0.15, -0.1) is 0 Å². The highest BCUT2D eigenvalue weighted by atomic mass is 79.9. The van der Waals surface area contributed by atoms with Gasteiger partial charge in [0.25, 0.3) is 11.8 Å². The van der Waals surface area contributed by atoms with Crippen LogP contribution in [0.4, 0.5) is 5.69 Å². The van der Waals surface area contributed by atoms with Crippen LogP contribution < -0.4 is 10.2 Å². The number of benzene rings is 3. The molecule has 0 aromatic heterocycles. The van der Waals surface area contributed by atoms with E-state index in [1.807, 2.05) is 67.6 Å². The van der Waals surface area contributed by atoms with Gasteiger partial charge in [-0.1, -0.05) is 66.8 Å². The van der Waals surface area contributed by atoms with Crippen LogP contribution in [0.25, 0.3) is 0 Å². The maximum atomic E-state index is 14.7. The number of aromatic hydroxyl groups is 1. The van der Waals surface area contributed by atoms with Gasteiger partial charge in [0.2, 0.25) is 0 Å². The lowest BCUT2D eigenvalue weighted by molar-refractivity contribution is -0.138. The molecule has 38 heavy (non-hydrogen) atoms. The number of anilines is 1. The molecule has 0 bridgehead atoms. The Morgan fingerprint density at radius 3 is 2.42 bits per heavy atom. The van der Waals surface area contributed by atoms with Crippen molar-refractivity contribution in [2.75, 3.05) is 12.5 Å². The van der Waals surface area contributed by atoms with Crippen LogP contribution in [0, 0.1) is 12.8 Å². The number of phenols is 1. The molecule has 0 saturated carbocycles. The van der Waals surface area contributed by atoms with E-state index in [1.165, 1.54) is 7.11 Å². The van der Waals surface area contributed by atoms with E-state index in [4.69, 9.17) is 4.74 Å². The van der Waals surface area contributed by atoms with Crippen molar-refractivity contribution in [3.8, 4) is 11.5 Å². The van der Waals surface area contributed by atoms with Crippen LogP contribution in [0.3, 0.4) is 0 Å². The van der Waals surface area contributed by atoms with Crippen molar-refractivity contribution in [2.45, 2.75) is 24.7 Å². The maximum absolute atomic E-state index is 14.7. The van der Waals surface area contributed by atoms with Crippen molar-refractivity contribution in [2.24, 2.45) is 5.92 Å². The minimum absolute atomic E-state index is 0.0649. The van der Waals surface area contributed by atoms with Crippen LogP contribution in [-0.2, 0) is 15.0 Å². The molecule has 1 saturated heterocycles. The number of aryl methyl sites for hydroxylation is 1. The zero-order valence-corrected chi connectivity index (χ0v) is 24.0. The molecule has 8 heteroatoms. The second kappa shape index (κ2) is 10.1. The quantitative estimate of drug-likeness (QED) is 0.291. The van der Waals surface area contributed by atoms with Crippen molar-refractivity contribution in [3.63, 3.8) is 0 Å². The van der Waals surface area contributed by atoms with Crippen LogP contribution in [0.1, 0.15) is 29.0 Å². The molecule has 1 aliphatic heterocycles. The average molecular weight is 638 g/mol. The molecule has 0 radical (unpaired) electrons. The van der Waals surface area contributed by atoms with Gasteiger partial charge in [0.15, 0.2) is 11.5 Å². The van der Waals surface area contributed by atoms with E-state index in [-0.39, 0.29) is 23.3 Å². The first-order valence-electron chi connectivity index (χ1n) is 12.1. The Balaban J connectivity index is 1.78. The third-order valence-corrected chi connectivity index (χ3v) is 9.65. The van der Waals surface area contributed by atoms with Crippen LogP contribution in [-0.4, -0.2) is 29.0 Å². The summed E-state index contributed by atoms with van der Waals surface area (Å²) in [6.45, 7) is 6.03. The summed E-state index contributed by atoms with van der Waals surface area (Å²) in [5, 5.41) is 11.8. The third-order valence-electron chi connectivity index (χ3n) is 7.49. The Kier molecular flexibility index (Phi) is 6.96. The van der Waals surface area contributed by atoms with Gasteiger partial charge in [0, 0.05) is 10.4 Å². The lowest BCUT2D eigenvalue weighted by Gasteiger charge is -2.43. The summed E-state index contributed by atoms with van der Waals surface area (Å²) >= 11 is 7.11. The molecule has 0 unspecified atom stereocenters. The van der Waals surface area contributed by atoms with Gasteiger partial charge in [-0.2, -0.15) is 5.01 Å². The summed E-state index contributed by atoms with van der Waals surface area (Å²) < 4.78 is 6.43. The molecular formula is C30H26Br2N2O4. The Bertz CT molecular complexity index is 1470. The second-order valence-corrected chi connectivity index (χ2v) is 11.1. The fourth-order valence-corrected chi connectivity index (χ4v) is 6.66. The summed E-state index contributed by atoms with van der Waals surface area (Å²) in [5.74, 6) is -1.76. The lowest BCUT2D eigenvalue weighted by atomic mass is 9.56. The van der Waals surface area contributed by atoms with Gasteiger partial charge in [-0.3, -0.25) is 15.0 Å². The second-order valence-electron chi connectivity index (χ2n) is 9.47. The van der Waals surface area contributed by atoms with E-state index >= 15 is 0 Å². The Labute approximate surface area is 238 Å². The van der Waals surface area contributed by atoms with E-state index in [0.717, 1.165) is 21.7 Å². The zero-order chi connectivity index (χ0) is 27.2. The topological polar surface area (TPSA) is 78.9 Å². The third kappa shape index (κ3) is 3.89. The van der Waals surface area contributed by atoms with Crippen molar-refractivity contribution in [1.29, 1.82) is 0 Å². The number of phenolic OH excluding ortho intramolecular Hbond substituents is 1. The van der Waals surface area contributed by atoms with E-state index in [0.29, 0.717) is 26.6 Å². The number of nitrogens with zero attached hydrogens (tertiary/aromatic N) is 1. The van der Waals surface area contributed by atoms with Gasteiger partial charge >= 0.3 is 0 Å². The molecule has 0 spiro atoms. The number of carbonyl (C=O) groups excluding carboxylic acids is 2. The first-order chi connectivity index (χ1) is 18.2. The van der Waals surface area contributed by atoms with Crippen molar-refractivity contribution < 1.29 is 19.4 Å². The van der Waals surface area contributed by atoms with Gasteiger partial charge in [-0.25, -0.2) is 0 Å². The van der Waals surface area contributed by atoms with Crippen molar-refractivity contribution >= 4 is 49.4 Å². The number of hydrogen-bond acceptors (Lipinski definition) is 5. The molecule has 1 aliphatic carbocycles. The molecule has 2 amide bonds. The lowest BCUT2D eigenvalue weighted by Crippen LogP contribution is -2.48. The van der Waals surface area contributed by atoms with E-state index < -0.39 is 17.3 Å².